The Kier molecular flexibility index (Phi) is 2.81. The molecule has 1 atom stereocenters. The van der Waals surface area contributed by atoms with Gasteiger partial charge in [0.15, 0.2) is 0 Å². The molecule has 0 spiro atoms. The highest BCUT2D eigenvalue weighted by Gasteiger charge is 2.31. The van der Waals surface area contributed by atoms with E-state index in [1.54, 1.807) is 12.4 Å². The Morgan fingerprint density at radius 3 is 2.67 bits per heavy atom. The maximum atomic E-state index is 12.1. The van der Waals surface area contributed by atoms with E-state index in [9.17, 15) is 4.79 Å². The first-order valence-electron chi connectivity index (χ1n) is 6.10. The smallest absolute Gasteiger partial charge is 0.227 e. The summed E-state index contributed by atoms with van der Waals surface area (Å²) in [5.74, 6) is 0.468. The summed E-state index contributed by atoms with van der Waals surface area (Å²) in [6.07, 6.45) is 4.04. The van der Waals surface area contributed by atoms with Crippen LogP contribution < -0.4 is 4.90 Å². The van der Waals surface area contributed by atoms with Crippen LogP contribution in [-0.2, 0) is 4.79 Å². The van der Waals surface area contributed by atoms with Gasteiger partial charge in [-0.15, -0.1) is 0 Å². The van der Waals surface area contributed by atoms with Crippen LogP contribution in [0.2, 0.25) is 0 Å². The SMILES string of the molecule is O=C1CC(c2ccccc2)CN1c1cccnc1. The van der Waals surface area contributed by atoms with Crippen molar-refractivity contribution < 1.29 is 4.79 Å². The van der Waals surface area contributed by atoms with E-state index in [0.717, 1.165) is 12.2 Å². The molecule has 3 nitrogen and oxygen atoms in total. The predicted molar refractivity (Wildman–Crippen MR) is 70.4 cm³/mol. The number of benzene rings is 1. The number of anilines is 1. The monoisotopic (exact) mass is 238 g/mol. The normalized spacial score (nSPS) is 19.2. The maximum absolute atomic E-state index is 12.1. The van der Waals surface area contributed by atoms with Gasteiger partial charge in [-0.25, -0.2) is 0 Å². The molecule has 1 aliphatic heterocycles. The van der Waals surface area contributed by atoms with Gasteiger partial charge < -0.3 is 4.90 Å². The van der Waals surface area contributed by atoms with Crippen molar-refractivity contribution >= 4 is 11.6 Å². The molecule has 0 radical (unpaired) electrons. The molecule has 90 valence electrons. The van der Waals surface area contributed by atoms with Gasteiger partial charge in [0.25, 0.3) is 0 Å². The Hall–Kier alpha value is -2.16. The molecule has 1 fully saturated rings. The summed E-state index contributed by atoms with van der Waals surface area (Å²) in [5, 5.41) is 0. The largest absolute Gasteiger partial charge is 0.310 e. The minimum absolute atomic E-state index is 0.178. The first-order valence-corrected chi connectivity index (χ1v) is 6.10. The third kappa shape index (κ3) is 1.99. The molecule has 2 heterocycles. The first-order chi connectivity index (χ1) is 8.84. The quantitative estimate of drug-likeness (QED) is 0.805. The average Bonchev–Trinajstić information content (AvgIpc) is 2.83. The Morgan fingerprint density at radius 1 is 1.11 bits per heavy atom. The highest BCUT2D eigenvalue weighted by atomic mass is 16.2. The number of amides is 1. The van der Waals surface area contributed by atoms with E-state index >= 15 is 0 Å². The van der Waals surface area contributed by atoms with Crippen LogP contribution in [0.15, 0.2) is 54.9 Å². The van der Waals surface area contributed by atoms with E-state index in [4.69, 9.17) is 0 Å². The Bertz CT molecular complexity index is 539. The van der Waals surface area contributed by atoms with Gasteiger partial charge in [-0.2, -0.15) is 0 Å². The van der Waals surface area contributed by atoms with E-state index in [-0.39, 0.29) is 5.91 Å². The third-order valence-electron chi connectivity index (χ3n) is 3.35. The fourth-order valence-electron chi connectivity index (χ4n) is 2.42. The Morgan fingerprint density at radius 2 is 1.94 bits per heavy atom. The highest BCUT2D eigenvalue weighted by molar-refractivity contribution is 5.96. The van der Waals surface area contributed by atoms with Crippen LogP contribution in [0.1, 0.15) is 17.9 Å². The van der Waals surface area contributed by atoms with Gasteiger partial charge in [0.1, 0.15) is 0 Å². The van der Waals surface area contributed by atoms with Gasteiger partial charge in [-0.05, 0) is 17.7 Å². The van der Waals surface area contributed by atoms with E-state index in [0.29, 0.717) is 12.3 Å². The van der Waals surface area contributed by atoms with Crippen molar-refractivity contribution in [1.29, 1.82) is 0 Å². The number of hydrogen-bond acceptors (Lipinski definition) is 2. The molecule has 2 aromatic rings. The lowest BCUT2D eigenvalue weighted by Crippen LogP contribution is -2.24. The molecule has 0 N–H and O–H groups in total. The molecular weight excluding hydrogens is 224 g/mol. The number of carbonyl (C=O) groups excluding carboxylic acids is 1. The van der Waals surface area contributed by atoms with Crippen LogP contribution in [0.4, 0.5) is 5.69 Å². The lowest BCUT2D eigenvalue weighted by atomic mass is 9.99. The number of aromatic nitrogens is 1. The molecular formula is C15H14N2O. The molecule has 0 saturated carbocycles. The fraction of sp³-hybridized carbons (Fsp3) is 0.200. The third-order valence-corrected chi connectivity index (χ3v) is 3.35. The second-order valence-electron chi connectivity index (χ2n) is 4.53. The zero-order chi connectivity index (χ0) is 12.4. The number of nitrogens with zero attached hydrogens (tertiary/aromatic N) is 2. The summed E-state index contributed by atoms with van der Waals surface area (Å²) < 4.78 is 0. The molecule has 3 heteroatoms. The molecule has 0 aliphatic carbocycles. The summed E-state index contributed by atoms with van der Waals surface area (Å²) in [5.41, 5.74) is 2.12. The second-order valence-corrected chi connectivity index (χ2v) is 4.53. The Balaban J connectivity index is 1.83. The van der Waals surface area contributed by atoms with E-state index in [2.05, 4.69) is 17.1 Å². The molecule has 18 heavy (non-hydrogen) atoms. The molecule has 1 aromatic heterocycles. The van der Waals surface area contributed by atoms with E-state index in [1.807, 2.05) is 35.2 Å². The van der Waals surface area contributed by atoms with Gasteiger partial charge in [0, 0.05) is 25.1 Å². The van der Waals surface area contributed by atoms with Gasteiger partial charge >= 0.3 is 0 Å². The summed E-state index contributed by atoms with van der Waals surface area (Å²) in [6, 6.07) is 14.0. The summed E-state index contributed by atoms with van der Waals surface area (Å²) in [6.45, 7) is 0.745. The maximum Gasteiger partial charge on any atom is 0.227 e. The molecule has 1 amide bonds. The van der Waals surface area contributed by atoms with Crippen molar-refractivity contribution in [2.75, 3.05) is 11.4 Å². The number of rotatable bonds is 2. The van der Waals surface area contributed by atoms with E-state index < -0.39 is 0 Å². The van der Waals surface area contributed by atoms with Gasteiger partial charge in [-0.1, -0.05) is 30.3 Å². The lowest BCUT2D eigenvalue weighted by Gasteiger charge is -2.16. The molecule has 1 aliphatic rings. The van der Waals surface area contributed by atoms with Crippen LogP contribution in [0.25, 0.3) is 0 Å². The van der Waals surface area contributed by atoms with Crippen LogP contribution in [0, 0.1) is 0 Å². The molecule has 1 unspecified atom stereocenters. The van der Waals surface area contributed by atoms with Gasteiger partial charge in [0.2, 0.25) is 5.91 Å². The van der Waals surface area contributed by atoms with Gasteiger partial charge in [-0.3, -0.25) is 9.78 Å². The lowest BCUT2D eigenvalue weighted by molar-refractivity contribution is -0.117. The molecule has 1 aromatic carbocycles. The highest BCUT2D eigenvalue weighted by Crippen LogP contribution is 2.30. The second kappa shape index (κ2) is 4.61. The van der Waals surface area contributed by atoms with E-state index in [1.165, 1.54) is 5.56 Å². The predicted octanol–water partition coefficient (Wildman–Crippen LogP) is 2.60. The van der Waals surface area contributed by atoms with Crippen molar-refractivity contribution in [3.63, 3.8) is 0 Å². The van der Waals surface area contributed by atoms with Gasteiger partial charge in [0.05, 0.1) is 11.9 Å². The number of hydrogen-bond donors (Lipinski definition) is 0. The number of carbonyl (C=O) groups is 1. The molecule has 1 saturated heterocycles. The minimum atomic E-state index is 0.178. The van der Waals surface area contributed by atoms with Crippen molar-refractivity contribution in [3.8, 4) is 0 Å². The Labute approximate surface area is 106 Å². The number of pyridine rings is 1. The summed E-state index contributed by atoms with van der Waals surface area (Å²) in [7, 11) is 0. The standard InChI is InChI=1S/C15H14N2O/c18-15-9-13(12-5-2-1-3-6-12)11-17(15)14-7-4-8-16-10-14/h1-8,10,13H,9,11H2. The summed E-state index contributed by atoms with van der Waals surface area (Å²) in [4.78, 5) is 17.9. The average molecular weight is 238 g/mol. The van der Waals surface area contributed by atoms with Crippen molar-refractivity contribution in [1.82, 2.24) is 4.98 Å². The minimum Gasteiger partial charge on any atom is -0.310 e. The van der Waals surface area contributed by atoms with Crippen LogP contribution in [0.3, 0.4) is 0 Å². The van der Waals surface area contributed by atoms with Crippen LogP contribution >= 0.6 is 0 Å². The topological polar surface area (TPSA) is 33.2 Å². The van der Waals surface area contributed by atoms with Crippen LogP contribution in [0.5, 0.6) is 0 Å². The first kappa shape index (κ1) is 11.0. The zero-order valence-corrected chi connectivity index (χ0v) is 9.99. The summed E-state index contributed by atoms with van der Waals surface area (Å²) >= 11 is 0. The van der Waals surface area contributed by atoms with Crippen LogP contribution in [-0.4, -0.2) is 17.4 Å². The molecule has 0 bridgehead atoms. The fourth-order valence-corrected chi connectivity index (χ4v) is 2.42. The van der Waals surface area contributed by atoms with Crippen molar-refractivity contribution in [2.45, 2.75) is 12.3 Å². The molecule has 3 rings (SSSR count). The van der Waals surface area contributed by atoms with Crippen molar-refractivity contribution in [2.24, 2.45) is 0 Å². The van der Waals surface area contributed by atoms with Crippen molar-refractivity contribution in [3.05, 3.63) is 60.4 Å². The zero-order valence-electron chi connectivity index (χ0n) is 9.99.